The summed E-state index contributed by atoms with van der Waals surface area (Å²) in [5.74, 6) is 0. The van der Waals surface area contributed by atoms with Crippen LogP contribution in [0.15, 0.2) is 42.5 Å². The number of hydrogen-bond donors (Lipinski definition) is 1. The summed E-state index contributed by atoms with van der Waals surface area (Å²) in [6, 6.07) is 15.1. The molecule has 0 aromatic heterocycles. The van der Waals surface area contributed by atoms with Gasteiger partial charge in [0.1, 0.15) is 0 Å². The van der Waals surface area contributed by atoms with E-state index in [2.05, 4.69) is 80.6 Å². The van der Waals surface area contributed by atoms with Gasteiger partial charge in [-0.05, 0) is 49.2 Å². The largest absolute Gasteiger partial charge is 0.381 e. The summed E-state index contributed by atoms with van der Waals surface area (Å²) in [5.41, 5.74) is 6.38. The summed E-state index contributed by atoms with van der Waals surface area (Å²) >= 11 is 0. The lowest BCUT2D eigenvalue weighted by molar-refractivity contribution is 1.10. The standard InChI is InChI=1S/C17H22N2/c1-13-5-6-14(2)15(11-13)12-18-16-7-9-17(10-8-16)19(3)4/h5-11,18H,12H2,1-4H3. The Hall–Kier alpha value is -1.96. The van der Waals surface area contributed by atoms with E-state index in [4.69, 9.17) is 0 Å². The molecule has 0 saturated heterocycles. The van der Waals surface area contributed by atoms with Crippen LogP contribution >= 0.6 is 0 Å². The van der Waals surface area contributed by atoms with E-state index >= 15 is 0 Å². The summed E-state index contributed by atoms with van der Waals surface area (Å²) in [6.07, 6.45) is 0. The number of nitrogens with zero attached hydrogens (tertiary/aromatic N) is 1. The molecular weight excluding hydrogens is 232 g/mol. The smallest absolute Gasteiger partial charge is 0.0403 e. The van der Waals surface area contributed by atoms with Crippen LogP contribution in [-0.4, -0.2) is 14.1 Å². The number of benzene rings is 2. The van der Waals surface area contributed by atoms with Crippen molar-refractivity contribution in [1.29, 1.82) is 0 Å². The van der Waals surface area contributed by atoms with Crippen molar-refractivity contribution >= 4 is 11.4 Å². The molecule has 2 aromatic carbocycles. The molecule has 0 aliphatic heterocycles. The third-order valence-corrected chi connectivity index (χ3v) is 3.37. The summed E-state index contributed by atoms with van der Waals surface area (Å²) < 4.78 is 0. The van der Waals surface area contributed by atoms with Gasteiger partial charge in [-0.25, -0.2) is 0 Å². The lowest BCUT2D eigenvalue weighted by atomic mass is 10.1. The maximum absolute atomic E-state index is 3.48. The number of hydrogen-bond acceptors (Lipinski definition) is 2. The van der Waals surface area contributed by atoms with Crippen molar-refractivity contribution in [3.63, 3.8) is 0 Å². The first-order valence-electron chi connectivity index (χ1n) is 6.63. The van der Waals surface area contributed by atoms with E-state index in [1.807, 2.05) is 0 Å². The third-order valence-electron chi connectivity index (χ3n) is 3.37. The molecule has 0 aliphatic rings. The van der Waals surface area contributed by atoms with Gasteiger partial charge in [0.25, 0.3) is 0 Å². The molecule has 0 fully saturated rings. The predicted molar refractivity (Wildman–Crippen MR) is 84.0 cm³/mol. The quantitative estimate of drug-likeness (QED) is 0.887. The Morgan fingerprint density at radius 3 is 2.26 bits per heavy atom. The van der Waals surface area contributed by atoms with E-state index in [1.165, 1.54) is 22.4 Å². The molecule has 0 heterocycles. The normalized spacial score (nSPS) is 10.3. The molecule has 2 nitrogen and oxygen atoms in total. The molecule has 19 heavy (non-hydrogen) atoms. The fourth-order valence-electron chi connectivity index (χ4n) is 2.07. The van der Waals surface area contributed by atoms with Crippen molar-refractivity contribution in [2.75, 3.05) is 24.3 Å². The molecule has 0 bridgehead atoms. The Kier molecular flexibility index (Phi) is 4.10. The van der Waals surface area contributed by atoms with Crippen LogP contribution in [0.2, 0.25) is 0 Å². The molecule has 0 atom stereocenters. The van der Waals surface area contributed by atoms with Gasteiger partial charge in [-0.2, -0.15) is 0 Å². The predicted octanol–water partition coefficient (Wildman–Crippen LogP) is 3.98. The summed E-state index contributed by atoms with van der Waals surface area (Å²) in [4.78, 5) is 2.11. The van der Waals surface area contributed by atoms with Gasteiger partial charge in [0.05, 0.1) is 0 Å². The summed E-state index contributed by atoms with van der Waals surface area (Å²) in [6.45, 7) is 5.16. The average molecular weight is 254 g/mol. The SMILES string of the molecule is Cc1ccc(C)c(CNc2ccc(N(C)C)cc2)c1. The van der Waals surface area contributed by atoms with Gasteiger partial charge in [-0.3, -0.25) is 0 Å². The molecule has 0 amide bonds. The molecule has 0 unspecified atom stereocenters. The lowest BCUT2D eigenvalue weighted by Crippen LogP contribution is -2.08. The highest BCUT2D eigenvalue weighted by Crippen LogP contribution is 2.17. The number of aryl methyl sites for hydroxylation is 2. The van der Waals surface area contributed by atoms with Gasteiger partial charge in [0.15, 0.2) is 0 Å². The van der Waals surface area contributed by atoms with E-state index in [1.54, 1.807) is 0 Å². The van der Waals surface area contributed by atoms with E-state index in [0.29, 0.717) is 0 Å². The van der Waals surface area contributed by atoms with E-state index < -0.39 is 0 Å². The average Bonchev–Trinajstić information content (AvgIpc) is 2.40. The lowest BCUT2D eigenvalue weighted by Gasteiger charge is -2.14. The van der Waals surface area contributed by atoms with Crippen LogP contribution in [-0.2, 0) is 6.54 Å². The van der Waals surface area contributed by atoms with Gasteiger partial charge in [0.2, 0.25) is 0 Å². The Balaban J connectivity index is 2.04. The van der Waals surface area contributed by atoms with Crippen molar-refractivity contribution in [3.05, 3.63) is 59.2 Å². The van der Waals surface area contributed by atoms with Crippen molar-refractivity contribution in [1.82, 2.24) is 0 Å². The maximum atomic E-state index is 3.48. The van der Waals surface area contributed by atoms with Gasteiger partial charge in [-0.15, -0.1) is 0 Å². The molecule has 0 saturated carbocycles. The molecule has 1 N–H and O–H groups in total. The molecule has 0 radical (unpaired) electrons. The van der Waals surface area contributed by atoms with Crippen LogP contribution in [0.25, 0.3) is 0 Å². The number of nitrogens with one attached hydrogen (secondary N) is 1. The zero-order valence-electron chi connectivity index (χ0n) is 12.2. The second kappa shape index (κ2) is 5.79. The first kappa shape index (κ1) is 13.5. The van der Waals surface area contributed by atoms with Crippen LogP contribution in [0, 0.1) is 13.8 Å². The summed E-state index contributed by atoms with van der Waals surface area (Å²) in [5, 5.41) is 3.48. The van der Waals surface area contributed by atoms with Crippen LogP contribution in [0.3, 0.4) is 0 Å². The van der Waals surface area contributed by atoms with Gasteiger partial charge in [0, 0.05) is 32.0 Å². The molecule has 0 aliphatic carbocycles. The Bertz CT molecular complexity index is 542. The molecule has 2 rings (SSSR count). The van der Waals surface area contributed by atoms with Gasteiger partial charge < -0.3 is 10.2 Å². The number of rotatable bonds is 4. The zero-order valence-corrected chi connectivity index (χ0v) is 12.2. The first-order valence-corrected chi connectivity index (χ1v) is 6.63. The van der Waals surface area contributed by atoms with Crippen molar-refractivity contribution in [2.45, 2.75) is 20.4 Å². The second-order valence-electron chi connectivity index (χ2n) is 5.22. The molecule has 2 heteroatoms. The minimum atomic E-state index is 0.870. The molecule has 100 valence electrons. The van der Waals surface area contributed by atoms with Gasteiger partial charge in [-0.1, -0.05) is 23.8 Å². The molecular formula is C17H22N2. The monoisotopic (exact) mass is 254 g/mol. The minimum absolute atomic E-state index is 0.870. The van der Waals surface area contributed by atoms with Crippen molar-refractivity contribution in [3.8, 4) is 0 Å². The van der Waals surface area contributed by atoms with E-state index in [9.17, 15) is 0 Å². The Labute approximate surface area is 116 Å². The Morgan fingerprint density at radius 2 is 1.63 bits per heavy atom. The third kappa shape index (κ3) is 3.50. The zero-order chi connectivity index (χ0) is 13.8. The Morgan fingerprint density at radius 1 is 0.947 bits per heavy atom. The highest BCUT2D eigenvalue weighted by molar-refractivity contribution is 5.54. The minimum Gasteiger partial charge on any atom is -0.381 e. The van der Waals surface area contributed by atoms with Crippen LogP contribution in [0.5, 0.6) is 0 Å². The number of anilines is 2. The van der Waals surface area contributed by atoms with Crippen LogP contribution in [0.1, 0.15) is 16.7 Å². The highest BCUT2D eigenvalue weighted by Gasteiger charge is 2.00. The topological polar surface area (TPSA) is 15.3 Å². The molecule has 2 aromatic rings. The fourth-order valence-corrected chi connectivity index (χ4v) is 2.07. The second-order valence-corrected chi connectivity index (χ2v) is 5.22. The summed E-state index contributed by atoms with van der Waals surface area (Å²) in [7, 11) is 4.11. The van der Waals surface area contributed by atoms with Crippen LogP contribution < -0.4 is 10.2 Å². The maximum Gasteiger partial charge on any atom is 0.0403 e. The van der Waals surface area contributed by atoms with E-state index in [0.717, 1.165) is 12.2 Å². The van der Waals surface area contributed by atoms with Gasteiger partial charge >= 0.3 is 0 Å². The highest BCUT2D eigenvalue weighted by atomic mass is 15.1. The van der Waals surface area contributed by atoms with E-state index in [-0.39, 0.29) is 0 Å². The first-order chi connectivity index (χ1) is 9.06. The van der Waals surface area contributed by atoms with Crippen LogP contribution in [0.4, 0.5) is 11.4 Å². The fraction of sp³-hybridized carbons (Fsp3) is 0.294. The molecule has 0 spiro atoms. The van der Waals surface area contributed by atoms with Crippen molar-refractivity contribution in [2.24, 2.45) is 0 Å². The van der Waals surface area contributed by atoms with Crippen molar-refractivity contribution < 1.29 is 0 Å².